The van der Waals surface area contributed by atoms with Crippen LogP contribution in [0.1, 0.15) is 25.3 Å². The molecule has 0 saturated carbocycles. The van der Waals surface area contributed by atoms with Gasteiger partial charge in [-0.3, -0.25) is 0 Å². The molecule has 0 radical (unpaired) electrons. The standard InChI is InChI=1S/C10H16N.C4H9O/c1-11(2,3)9-10-7-5-4-6-8-10;1-2-3-4-5/h4-8H,9H2,1-3H3;2-4H2,1H3/q+1;-1. The fourth-order valence-corrected chi connectivity index (χ4v) is 1.28. The fourth-order valence-electron chi connectivity index (χ4n) is 1.28. The van der Waals surface area contributed by atoms with Crippen molar-refractivity contribution in [3.8, 4) is 0 Å². The topological polar surface area (TPSA) is 23.1 Å². The van der Waals surface area contributed by atoms with E-state index in [1.54, 1.807) is 0 Å². The molecule has 0 aliphatic carbocycles. The van der Waals surface area contributed by atoms with E-state index in [1.807, 2.05) is 6.92 Å². The van der Waals surface area contributed by atoms with Crippen molar-refractivity contribution in [3.05, 3.63) is 35.9 Å². The number of hydrogen-bond donors (Lipinski definition) is 0. The lowest BCUT2D eigenvalue weighted by Gasteiger charge is -2.23. The van der Waals surface area contributed by atoms with E-state index in [0.717, 1.165) is 23.9 Å². The first kappa shape index (κ1) is 15.1. The minimum atomic E-state index is 0.0938. The van der Waals surface area contributed by atoms with Crippen molar-refractivity contribution >= 4 is 0 Å². The van der Waals surface area contributed by atoms with Gasteiger partial charge in [-0.1, -0.05) is 50.1 Å². The molecule has 16 heavy (non-hydrogen) atoms. The molecule has 0 atom stereocenters. The lowest BCUT2D eigenvalue weighted by atomic mass is 10.2. The van der Waals surface area contributed by atoms with Gasteiger partial charge in [0.2, 0.25) is 0 Å². The largest absolute Gasteiger partial charge is 0.854 e. The molecule has 0 aliphatic rings. The number of rotatable bonds is 4. The maximum absolute atomic E-state index is 9.53. The molecule has 0 saturated heterocycles. The van der Waals surface area contributed by atoms with Gasteiger partial charge in [0.25, 0.3) is 0 Å². The van der Waals surface area contributed by atoms with E-state index in [0.29, 0.717) is 0 Å². The molecule has 0 N–H and O–H groups in total. The number of nitrogens with zero attached hydrogens (tertiary/aromatic N) is 1. The second-order valence-corrected chi connectivity index (χ2v) is 4.99. The summed E-state index contributed by atoms with van der Waals surface area (Å²) in [5.74, 6) is 0. The Kier molecular flexibility index (Phi) is 7.86. The maximum Gasteiger partial charge on any atom is 0.104 e. The number of unbranched alkanes of at least 4 members (excludes halogenated alkanes) is 1. The van der Waals surface area contributed by atoms with Crippen LogP contribution in [0.5, 0.6) is 0 Å². The average molecular weight is 223 g/mol. The summed E-state index contributed by atoms with van der Waals surface area (Å²) in [4.78, 5) is 0. The Hall–Kier alpha value is -0.860. The number of hydrogen-bond acceptors (Lipinski definition) is 1. The summed E-state index contributed by atoms with van der Waals surface area (Å²) < 4.78 is 0.990. The highest BCUT2D eigenvalue weighted by atomic mass is 16.2. The minimum Gasteiger partial charge on any atom is -0.854 e. The third-order valence-electron chi connectivity index (χ3n) is 2.00. The molecule has 1 aromatic rings. The van der Waals surface area contributed by atoms with Crippen LogP contribution in [0.2, 0.25) is 0 Å². The minimum absolute atomic E-state index is 0.0938. The molecular weight excluding hydrogens is 198 g/mol. The molecule has 0 heterocycles. The van der Waals surface area contributed by atoms with Crippen molar-refractivity contribution in [2.24, 2.45) is 0 Å². The Labute approximate surface area is 100 Å². The zero-order valence-electron chi connectivity index (χ0n) is 11.1. The van der Waals surface area contributed by atoms with Crippen molar-refractivity contribution in [1.29, 1.82) is 0 Å². The van der Waals surface area contributed by atoms with Gasteiger partial charge in [-0.05, 0) is 0 Å². The van der Waals surface area contributed by atoms with E-state index in [-0.39, 0.29) is 6.61 Å². The van der Waals surface area contributed by atoms with Crippen molar-refractivity contribution in [2.45, 2.75) is 26.3 Å². The van der Waals surface area contributed by atoms with Crippen LogP contribution in [0, 0.1) is 0 Å². The van der Waals surface area contributed by atoms with E-state index in [9.17, 15) is 5.11 Å². The molecular formula is C14H25NO. The third kappa shape index (κ3) is 9.69. The first-order chi connectivity index (χ1) is 7.49. The first-order valence-corrected chi connectivity index (χ1v) is 5.92. The molecule has 0 fully saturated rings. The van der Waals surface area contributed by atoms with Gasteiger partial charge in [-0.2, -0.15) is 0 Å². The molecule has 0 unspecified atom stereocenters. The zero-order chi connectivity index (χ0) is 12.4. The quantitative estimate of drug-likeness (QED) is 0.716. The van der Waals surface area contributed by atoms with Crippen LogP contribution < -0.4 is 5.11 Å². The highest BCUT2D eigenvalue weighted by Gasteiger charge is 2.06. The predicted molar refractivity (Wildman–Crippen MR) is 68.0 cm³/mol. The fraction of sp³-hybridized carbons (Fsp3) is 0.571. The normalized spacial score (nSPS) is 10.6. The van der Waals surface area contributed by atoms with E-state index in [4.69, 9.17) is 0 Å². The van der Waals surface area contributed by atoms with Crippen LogP contribution in [0.25, 0.3) is 0 Å². The van der Waals surface area contributed by atoms with Gasteiger partial charge in [-0.15, -0.1) is 6.61 Å². The molecule has 92 valence electrons. The molecule has 2 heteroatoms. The Morgan fingerprint density at radius 1 is 1.06 bits per heavy atom. The van der Waals surface area contributed by atoms with Gasteiger partial charge in [0.1, 0.15) is 6.54 Å². The average Bonchev–Trinajstić information content (AvgIpc) is 2.19. The van der Waals surface area contributed by atoms with Crippen LogP contribution in [0.3, 0.4) is 0 Å². The van der Waals surface area contributed by atoms with Gasteiger partial charge in [-0.25, -0.2) is 0 Å². The maximum atomic E-state index is 9.53. The van der Waals surface area contributed by atoms with E-state index >= 15 is 0 Å². The van der Waals surface area contributed by atoms with Crippen molar-refractivity contribution in [1.82, 2.24) is 0 Å². The summed E-state index contributed by atoms with van der Waals surface area (Å²) in [7, 11) is 6.60. The number of quaternary nitrogens is 1. The molecule has 0 spiro atoms. The summed E-state index contributed by atoms with van der Waals surface area (Å²) in [6, 6.07) is 10.6. The second kappa shape index (κ2) is 8.31. The van der Waals surface area contributed by atoms with Crippen LogP contribution in [-0.2, 0) is 6.54 Å². The van der Waals surface area contributed by atoms with Crippen molar-refractivity contribution in [3.63, 3.8) is 0 Å². The zero-order valence-corrected chi connectivity index (χ0v) is 11.1. The lowest BCUT2D eigenvalue weighted by Crippen LogP contribution is -2.33. The molecule has 0 bridgehead atoms. The predicted octanol–water partition coefficient (Wildman–Crippen LogP) is 2.04. The summed E-state index contributed by atoms with van der Waals surface area (Å²) >= 11 is 0. The van der Waals surface area contributed by atoms with Crippen LogP contribution >= 0.6 is 0 Å². The van der Waals surface area contributed by atoms with Crippen LogP contribution in [0.4, 0.5) is 0 Å². The molecule has 1 aromatic carbocycles. The van der Waals surface area contributed by atoms with Crippen molar-refractivity contribution in [2.75, 3.05) is 27.7 Å². The van der Waals surface area contributed by atoms with Gasteiger partial charge < -0.3 is 9.59 Å². The van der Waals surface area contributed by atoms with E-state index in [1.165, 1.54) is 5.56 Å². The molecule has 1 rings (SSSR count). The van der Waals surface area contributed by atoms with E-state index in [2.05, 4.69) is 51.5 Å². The Balaban J connectivity index is 0.000000385. The van der Waals surface area contributed by atoms with Crippen molar-refractivity contribution < 1.29 is 9.59 Å². The molecule has 0 amide bonds. The third-order valence-corrected chi connectivity index (χ3v) is 2.00. The first-order valence-electron chi connectivity index (χ1n) is 5.92. The Bertz CT molecular complexity index is 249. The highest BCUT2D eigenvalue weighted by Crippen LogP contribution is 2.05. The SMILES string of the molecule is CCCC[O-].C[N+](C)(C)Cc1ccccc1. The smallest absolute Gasteiger partial charge is 0.104 e. The van der Waals surface area contributed by atoms with Gasteiger partial charge >= 0.3 is 0 Å². The summed E-state index contributed by atoms with van der Waals surface area (Å²) in [6.45, 7) is 3.20. The number of benzene rings is 1. The molecule has 0 aliphatic heterocycles. The van der Waals surface area contributed by atoms with Gasteiger partial charge in [0.15, 0.2) is 0 Å². The van der Waals surface area contributed by atoms with Gasteiger partial charge in [0, 0.05) is 5.56 Å². The molecule has 0 aromatic heterocycles. The summed E-state index contributed by atoms with van der Waals surface area (Å²) in [6.07, 6.45) is 1.86. The monoisotopic (exact) mass is 223 g/mol. The molecule has 2 nitrogen and oxygen atoms in total. The van der Waals surface area contributed by atoms with Crippen LogP contribution in [-0.4, -0.2) is 32.2 Å². The Morgan fingerprint density at radius 3 is 1.94 bits per heavy atom. The highest BCUT2D eigenvalue weighted by molar-refractivity contribution is 5.13. The Morgan fingerprint density at radius 2 is 1.62 bits per heavy atom. The summed E-state index contributed by atoms with van der Waals surface area (Å²) in [5, 5.41) is 9.53. The lowest BCUT2D eigenvalue weighted by molar-refractivity contribution is -0.884. The van der Waals surface area contributed by atoms with Crippen LogP contribution in [0.15, 0.2) is 30.3 Å². The second-order valence-electron chi connectivity index (χ2n) is 4.99. The summed E-state index contributed by atoms with van der Waals surface area (Å²) in [5.41, 5.74) is 1.40. The van der Waals surface area contributed by atoms with Gasteiger partial charge in [0.05, 0.1) is 21.1 Å². The van der Waals surface area contributed by atoms with E-state index < -0.39 is 0 Å².